The fourth-order valence-corrected chi connectivity index (χ4v) is 3.01. The van der Waals surface area contributed by atoms with Crippen molar-refractivity contribution in [3.8, 4) is 0 Å². The third-order valence-electron chi connectivity index (χ3n) is 2.40. The van der Waals surface area contributed by atoms with Crippen LogP contribution in [0.15, 0.2) is 17.0 Å². The van der Waals surface area contributed by atoms with Crippen molar-refractivity contribution < 1.29 is 8.42 Å². The Balaban J connectivity index is 3.11. The highest BCUT2D eigenvalue weighted by molar-refractivity contribution is 7.89. The van der Waals surface area contributed by atoms with Gasteiger partial charge in [-0.1, -0.05) is 30.1 Å². The quantitative estimate of drug-likeness (QED) is 0.793. The van der Waals surface area contributed by atoms with Crippen LogP contribution in [0.4, 0.5) is 0 Å². The highest BCUT2D eigenvalue weighted by Gasteiger charge is 2.18. The molecule has 1 aromatic carbocycles. The van der Waals surface area contributed by atoms with Gasteiger partial charge in [0.2, 0.25) is 10.0 Å². The van der Waals surface area contributed by atoms with Crippen molar-refractivity contribution in [2.45, 2.75) is 24.8 Å². The highest BCUT2D eigenvalue weighted by Crippen LogP contribution is 2.28. The largest absolute Gasteiger partial charge is 0.313 e. The molecule has 0 aliphatic rings. The maximum absolute atomic E-state index is 11.8. The molecule has 0 radical (unpaired) electrons. The average Bonchev–Trinajstić information content (AvgIpc) is 2.31. The molecule has 7 heteroatoms. The van der Waals surface area contributed by atoms with Gasteiger partial charge in [-0.2, -0.15) is 0 Å². The molecule has 0 aliphatic heterocycles. The first-order valence-corrected chi connectivity index (χ1v) is 7.78. The molecular formula is C11H16Cl2N2O2S. The first-order valence-electron chi connectivity index (χ1n) is 5.54. The number of sulfonamides is 1. The molecule has 0 heterocycles. The number of halogens is 2. The monoisotopic (exact) mass is 310 g/mol. The van der Waals surface area contributed by atoms with Gasteiger partial charge < -0.3 is 5.32 Å². The summed E-state index contributed by atoms with van der Waals surface area (Å²) in [6.45, 7) is 3.40. The van der Waals surface area contributed by atoms with Crippen LogP contribution in [0.2, 0.25) is 10.0 Å². The van der Waals surface area contributed by atoms with Crippen molar-refractivity contribution in [2.75, 3.05) is 13.6 Å². The van der Waals surface area contributed by atoms with E-state index in [4.69, 9.17) is 23.2 Å². The average molecular weight is 311 g/mol. The molecule has 2 N–H and O–H groups in total. The van der Waals surface area contributed by atoms with Gasteiger partial charge in [0.05, 0.1) is 5.02 Å². The van der Waals surface area contributed by atoms with Crippen LogP contribution in [-0.4, -0.2) is 22.0 Å². The number of rotatable bonds is 6. The molecule has 0 spiro atoms. The summed E-state index contributed by atoms with van der Waals surface area (Å²) >= 11 is 11.9. The Morgan fingerprint density at radius 3 is 2.44 bits per heavy atom. The van der Waals surface area contributed by atoms with E-state index in [-0.39, 0.29) is 9.92 Å². The molecule has 0 aliphatic carbocycles. The molecule has 1 aromatic rings. The van der Waals surface area contributed by atoms with E-state index in [9.17, 15) is 8.42 Å². The summed E-state index contributed by atoms with van der Waals surface area (Å²) in [7, 11) is -2.22. The lowest BCUT2D eigenvalue weighted by Gasteiger charge is -2.10. The third kappa shape index (κ3) is 3.83. The van der Waals surface area contributed by atoms with Crippen molar-refractivity contribution in [2.24, 2.45) is 0 Å². The van der Waals surface area contributed by atoms with E-state index in [0.29, 0.717) is 17.1 Å². The fraction of sp³-hybridized carbons (Fsp3) is 0.455. The van der Waals surface area contributed by atoms with Crippen LogP contribution < -0.4 is 10.0 Å². The molecule has 0 aromatic heterocycles. The van der Waals surface area contributed by atoms with E-state index in [1.165, 1.54) is 19.2 Å². The van der Waals surface area contributed by atoms with E-state index in [1.54, 1.807) is 0 Å². The molecule has 102 valence electrons. The van der Waals surface area contributed by atoms with Gasteiger partial charge in [-0.3, -0.25) is 0 Å². The number of nitrogens with one attached hydrogen (secondary N) is 2. The third-order valence-corrected chi connectivity index (χ3v) is 4.63. The fourth-order valence-electron chi connectivity index (χ4n) is 1.42. The Hall–Kier alpha value is -0.330. The predicted molar refractivity (Wildman–Crippen MR) is 74.7 cm³/mol. The standard InChI is InChI=1S/C11H16Cl2N2O2S/c1-3-4-15-7-8-5-11(18(16,17)14-2)10(13)6-9(8)12/h5-6,14-15H,3-4,7H2,1-2H3. The topological polar surface area (TPSA) is 58.2 Å². The number of hydrogen-bond acceptors (Lipinski definition) is 3. The van der Waals surface area contributed by atoms with E-state index < -0.39 is 10.0 Å². The minimum absolute atomic E-state index is 0.0457. The molecule has 0 bridgehead atoms. The summed E-state index contributed by atoms with van der Waals surface area (Å²) in [5, 5.41) is 3.74. The SMILES string of the molecule is CCCNCc1cc(S(=O)(=O)NC)c(Cl)cc1Cl. The van der Waals surface area contributed by atoms with Crippen molar-refractivity contribution in [1.29, 1.82) is 0 Å². The van der Waals surface area contributed by atoms with Gasteiger partial charge in [0.1, 0.15) is 4.90 Å². The van der Waals surface area contributed by atoms with Crippen LogP contribution >= 0.6 is 23.2 Å². The van der Waals surface area contributed by atoms with Crippen molar-refractivity contribution in [3.63, 3.8) is 0 Å². The van der Waals surface area contributed by atoms with Crippen LogP contribution in [0.5, 0.6) is 0 Å². The number of hydrogen-bond donors (Lipinski definition) is 2. The van der Waals surface area contributed by atoms with Crippen LogP contribution in [0.1, 0.15) is 18.9 Å². The molecule has 0 saturated heterocycles. The molecule has 0 saturated carbocycles. The van der Waals surface area contributed by atoms with Gasteiger partial charge in [-0.15, -0.1) is 0 Å². The first-order chi connectivity index (χ1) is 8.42. The Morgan fingerprint density at radius 1 is 1.22 bits per heavy atom. The van der Waals surface area contributed by atoms with E-state index in [0.717, 1.165) is 13.0 Å². The van der Waals surface area contributed by atoms with Gasteiger partial charge in [-0.05, 0) is 37.7 Å². The second-order valence-electron chi connectivity index (χ2n) is 3.76. The van der Waals surface area contributed by atoms with Crippen LogP contribution in [0.3, 0.4) is 0 Å². The smallest absolute Gasteiger partial charge is 0.241 e. The normalized spacial score (nSPS) is 11.8. The minimum Gasteiger partial charge on any atom is -0.313 e. The van der Waals surface area contributed by atoms with E-state index in [2.05, 4.69) is 10.0 Å². The van der Waals surface area contributed by atoms with Gasteiger partial charge in [0, 0.05) is 11.6 Å². The maximum atomic E-state index is 11.8. The Labute approximate surface area is 118 Å². The summed E-state index contributed by atoms with van der Waals surface area (Å²) in [5.41, 5.74) is 0.711. The lowest BCUT2D eigenvalue weighted by molar-refractivity contribution is 0.588. The zero-order valence-corrected chi connectivity index (χ0v) is 12.6. The predicted octanol–water partition coefficient (Wildman–Crippen LogP) is 2.40. The maximum Gasteiger partial charge on any atom is 0.241 e. The lowest BCUT2D eigenvalue weighted by Crippen LogP contribution is -2.20. The van der Waals surface area contributed by atoms with Gasteiger partial charge in [0.25, 0.3) is 0 Å². The van der Waals surface area contributed by atoms with E-state index in [1.807, 2.05) is 6.92 Å². The first kappa shape index (κ1) is 15.7. The molecular weight excluding hydrogens is 295 g/mol. The van der Waals surface area contributed by atoms with Crippen molar-refractivity contribution >= 4 is 33.2 Å². The lowest BCUT2D eigenvalue weighted by atomic mass is 10.2. The summed E-state index contributed by atoms with van der Waals surface area (Å²) in [4.78, 5) is 0.0457. The molecule has 0 atom stereocenters. The molecule has 1 rings (SSSR count). The minimum atomic E-state index is -3.57. The Kier molecular flexibility index (Phi) is 5.88. The van der Waals surface area contributed by atoms with Crippen LogP contribution in [-0.2, 0) is 16.6 Å². The zero-order chi connectivity index (χ0) is 13.8. The highest BCUT2D eigenvalue weighted by atomic mass is 35.5. The second kappa shape index (κ2) is 6.73. The van der Waals surface area contributed by atoms with Gasteiger partial charge in [-0.25, -0.2) is 13.1 Å². The Bertz CT molecular complexity index is 518. The summed E-state index contributed by atoms with van der Waals surface area (Å²) < 4.78 is 25.7. The van der Waals surface area contributed by atoms with Gasteiger partial charge >= 0.3 is 0 Å². The summed E-state index contributed by atoms with van der Waals surface area (Å²) in [5.74, 6) is 0. The summed E-state index contributed by atoms with van der Waals surface area (Å²) in [6, 6.07) is 2.95. The van der Waals surface area contributed by atoms with Crippen LogP contribution in [0, 0.1) is 0 Å². The zero-order valence-electron chi connectivity index (χ0n) is 10.3. The van der Waals surface area contributed by atoms with Crippen molar-refractivity contribution in [3.05, 3.63) is 27.7 Å². The molecule has 18 heavy (non-hydrogen) atoms. The molecule has 4 nitrogen and oxygen atoms in total. The van der Waals surface area contributed by atoms with Crippen molar-refractivity contribution in [1.82, 2.24) is 10.0 Å². The molecule has 0 unspecified atom stereocenters. The number of benzene rings is 1. The van der Waals surface area contributed by atoms with E-state index >= 15 is 0 Å². The second-order valence-corrected chi connectivity index (χ2v) is 6.43. The molecule has 0 amide bonds. The summed E-state index contributed by atoms with van der Waals surface area (Å²) in [6.07, 6.45) is 0.993. The van der Waals surface area contributed by atoms with Crippen LogP contribution in [0.25, 0.3) is 0 Å². The van der Waals surface area contributed by atoms with Gasteiger partial charge in [0.15, 0.2) is 0 Å². The Morgan fingerprint density at radius 2 is 1.89 bits per heavy atom. The molecule has 0 fully saturated rings.